The van der Waals surface area contributed by atoms with Gasteiger partial charge in [-0.3, -0.25) is 0 Å². The van der Waals surface area contributed by atoms with E-state index in [2.05, 4.69) is 6.07 Å². The molecule has 0 aromatic heterocycles. The van der Waals surface area contributed by atoms with E-state index in [1.165, 1.54) is 7.11 Å². The minimum absolute atomic E-state index is 0.490. The van der Waals surface area contributed by atoms with Crippen molar-refractivity contribution in [3.8, 4) is 29.1 Å². The normalized spacial score (nSPS) is 9.76. The zero-order chi connectivity index (χ0) is 15.2. The van der Waals surface area contributed by atoms with Crippen molar-refractivity contribution >= 4 is 5.69 Å². The van der Waals surface area contributed by atoms with E-state index in [9.17, 15) is 0 Å². The van der Waals surface area contributed by atoms with Gasteiger partial charge in [0, 0.05) is 12.1 Å². The molecule has 5 heteroatoms. The molecule has 2 aromatic carbocycles. The van der Waals surface area contributed by atoms with Crippen LogP contribution in [-0.2, 0) is 0 Å². The number of hydrogen-bond donors (Lipinski definition) is 1. The molecule has 2 rings (SSSR count). The molecular weight excluding hydrogens is 268 g/mol. The van der Waals surface area contributed by atoms with Crippen molar-refractivity contribution in [2.75, 3.05) is 19.5 Å². The van der Waals surface area contributed by atoms with Crippen LogP contribution < -0.4 is 19.9 Å². The van der Waals surface area contributed by atoms with Gasteiger partial charge in [-0.1, -0.05) is 0 Å². The number of hydrogen-bond acceptors (Lipinski definition) is 5. The Kier molecular flexibility index (Phi) is 4.52. The molecule has 0 atom stereocenters. The van der Waals surface area contributed by atoms with Crippen molar-refractivity contribution in [1.29, 1.82) is 5.26 Å². The molecule has 0 spiro atoms. The Labute approximate surface area is 123 Å². The van der Waals surface area contributed by atoms with Crippen LogP contribution in [0.3, 0.4) is 0 Å². The van der Waals surface area contributed by atoms with Crippen LogP contribution in [-0.4, -0.2) is 13.7 Å². The Bertz CT molecular complexity index is 678. The Hall–Kier alpha value is -2.87. The fourth-order valence-corrected chi connectivity index (χ4v) is 1.81. The van der Waals surface area contributed by atoms with Gasteiger partial charge in [-0.15, -0.1) is 0 Å². The molecule has 0 amide bonds. The monoisotopic (exact) mass is 284 g/mol. The van der Waals surface area contributed by atoms with Crippen LogP contribution in [0.25, 0.3) is 0 Å². The second-order valence-corrected chi connectivity index (χ2v) is 4.21. The van der Waals surface area contributed by atoms with Crippen LogP contribution >= 0.6 is 0 Å². The molecule has 108 valence electrons. The molecule has 0 fully saturated rings. The number of nitrogens with zero attached hydrogens (tertiary/aromatic N) is 1. The van der Waals surface area contributed by atoms with Crippen LogP contribution in [0.2, 0.25) is 0 Å². The maximum absolute atomic E-state index is 8.89. The van der Waals surface area contributed by atoms with Gasteiger partial charge in [0.05, 0.1) is 31.0 Å². The van der Waals surface area contributed by atoms with E-state index in [0.717, 1.165) is 0 Å². The van der Waals surface area contributed by atoms with Gasteiger partial charge in [-0.25, -0.2) is 0 Å². The lowest BCUT2D eigenvalue weighted by atomic mass is 10.2. The highest BCUT2D eigenvalue weighted by atomic mass is 16.5. The molecule has 0 bridgehead atoms. The number of ether oxygens (including phenoxy) is 3. The molecule has 2 aromatic rings. The molecule has 0 heterocycles. The summed E-state index contributed by atoms with van der Waals surface area (Å²) in [6, 6.07) is 12.2. The highest BCUT2D eigenvalue weighted by Gasteiger charge is 2.09. The Morgan fingerprint density at radius 1 is 1.10 bits per heavy atom. The molecule has 0 aliphatic heterocycles. The minimum atomic E-state index is 0.490. The lowest BCUT2D eigenvalue weighted by molar-refractivity contribution is 0.339. The first-order valence-corrected chi connectivity index (χ1v) is 6.46. The molecule has 5 nitrogen and oxygen atoms in total. The van der Waals surface area contributed by atoms with Crippen LogP contribution in [0.5, 0.6) is 23.0 Å². The largest absolute Gasteiger partial charge is 0.493 e. The molecule has 0 saturated heterocycles. The van der Waals surface area contributed by atoms with Crippen LogP contribution in [0.4, 0.5) is 5.69 Å². The molecule has 0 aliphatic carbocycles. The summed E-state index contributed by atoms with van der Waals surface area (Å²) in [6.07, 6.45) is 0. The average molecular weight is 284 g/mol. The van der Waals surface area contributed by atoms with E-state index in [0.29, 0.717) is 40.9 Å². The molecule has 0 unspecified atom stereocenters. The Morgan fingerprint density at radius 2 is 1.90 bits per heavy atom. The van der Waals surface area contributed by atoms with E-state index < -0.39 is 0 Å². The first-order chi connectivity index (χ1) is 10.2. The van der Waals surface area contributed by atoms with E-state index in [1.54, 1.807) is 36.4 Å². The Balaban J connectivity index is 2.30. The summed E-state index contributed by atoms with van der Waals surface area (Å²) >= 11 is 0. The van der Waals surface area contributed by atoms with E-state index in [1.807, 2.05) is 6.92 Å². The van der Waals surface area contributed by atoms with Crippen molar-refractivity contribution in [3.05, 3.63) is 42.0 Å². The van der Waals surface area contributed by atoms with E-state index >= 15 is 0 Å². The van der Waals surface area contributed by atoms with Crippen LogP contribution in [0.15, 0.2) is 36.4 Å². The van der Waals surface area contributed by atoms with E-state index in [-0.39, 0.29) is 0 Å². The van der Waals surface area contributed by atoms with Crippen LogP contribution in [0, 0.1) is 11.3 Å². The van der Waals surface area contributed by atoms with Crippen molar-refractivity contribution in [3.63, 3.8) is 0 Å². The number of nitriles is 1. The summed E-state index contributed by atoms with van der Waals surface area (Å²) < 4.78 is 16.4. The van der Waals surface area contributed by atoms with Gasteiger partial charge in [0.25, 0.3) is 0 Å². The van der Waals surface area contributed by atoms with E-state index in [4.69, 9.17) is 25.2 Å². The third-order valence-electron chi connectivity index (χ3n) is 2.81. The number of nitrogens with two attached hydrogens (primary N) is 1. The van der Waals surface area contributed by atoms with Gasteiger partial charge in [0.2, 0.25) is 0 Å². The number of nitrogen functional groups attached to an aromatic ring is 1. The summed E-state index contributed by atoms with van der Waals surface area (Å²) in [6.45, 7) is 2.41. The zero-order valence-corrected chi connectivity index (χ0v) is 11.9. The summed E-state index contributed by atoms with van der Waals surface area (Å²) in [7, 11) is 1.53. The number of anilines is 1. The summed E-state index contributed by atoms with van der Waals surface area (Å²) in [4.78, 5) is 0. The molecule has 0 aliphatic rings. The quantitative estimate of drug-likeness (QED) is 0.852. The van der Waals surface area contributed by atoms with Gasteiger partial charge < -0.3 is 19.9 Å². The third-order valence-corrected chi connectivity index (χ3v) is 2.81. The standard InChI is InChI=1S/C16H16N2O3/c1-3-20-15-9-12(5-6-13(15)18)21-14-7-4-11(10-17)8-16(14)19-2/h4-9H,3,18H2,1-2H3. The average Bonchev–Trinajstić information content (AvgIpc) is 2.51. The molecule has 0 saturated carbocycles. The van der Waals surface area contributed by atoms with Gasteiger partial charge in [0.1, 0.15) is 11.5 Å². The SMILES string of the molecule is CCOc1cc(Oc2ccc(C#N)cc2OC)ccc1N. The molecule has 21 heavy (non-hydrogen) atoms. The van der Waals surface area contributed by atoms with Crippen molar-refractivity contribution in [2.45, 2.75) is 6.92 Å². The summed E-state index contributed by atoms with van der Waals surface area (Å²) in [5.41, 5.74) is 6.88. The highest BCUT2D eigenvalue weighted by Crippen LogP contribution is 2.35. The molecule has 0 radical (unpaired) electrons. The fourth-order valence-electron chi connectivity index (χ4n) is 1.81. The number of methoxy groups -OCH3 is 1. The summed E-state index contributed by atoms with van der Waals surface area (Å²) in [5, 5.41) is 8.89. The molecular formula is C16H16N2O3. The van der Waals surface area contributed by atoms with Gasteiger partial charge in [-0.05, 0) is 31.2 Å². The lowest BCUT2D eigenvalue weighted by Gasteiger charge is -2.12. The topological polar surface area (TPSA) is 77.5 Å². The Morgan fingerprint density at radius 3 is 2.57 bits per heavy atom. The highest BCUT2D eigenvalue weighted by molar-refractivity contribution is 5.57. The lowest BCUT2D eigenvalue weighted by Crippen LogP contribution is -1.97. The van der Waals surface area contributed by atoms with Gasteiger partial charge >= 0.3 is 0 Å². The predicted octanol–water partition coefficient (Wildman–Crippen LogP) is 3.34. The fraction of sp³-hybridized carbons (Fsp3) is 0.188. The number of rotatable bonds is 5. The first-order valence-electron chi connectivity index (χ1n) is 6.46. The summed E-state index contributed by atoms with van der Waals surface area (Å²) in [5.74, 6) is 2.16. The second-order valence-electron chi connectivity index (χ2n) is 4.21. The second kappa shape index (κ2) is 6.53. The van der Waals surface area contributed by atoms with Crippen molar-refractivity contribution in [1.82, 2.24) is 0 Å². The smallest absolute Gasteiger partial charge is 0.169 e. The zero-order valence-electron chi connectivity index (χ0n) is 11.9. The number of benzene rings is 2. The van der Waals surface area contributed by atoms with Crippen LogP contribution in [0.1, 0.15) is 12.5 Å². The minimum Gasteiger partial charge on any atom is -0.493 e. The predicted molar refractivity (Wildman–Crippen MR) is 79.8 cm³/mol. The molecule has 2 N–H and O–H groups in total. The first kappa shape index (κ1) is 14.5. The maximum Gasteiger partial charge on any atom is 0.169 e. The van der Waals surface area contributed by atoms with Crippen molar-refractivity contribution in [2.24, 2.45) is 0 Å². The third kappa shape index (κ3) is 3.37. The van der Waals surface area contributed by atoms with Gasteiger partial charge in [-0.2, -0.15) is 5.26 Å². The van der Waals surface area contributed by atoms with Crippen molar-refractivity contribution < 1.29 is 14.2 Å². The van der Waals surface area contributed by atoms with Gasteiger partial charge in [0.15, 0.2) is 11.5 Å². The maximum atomic E-state index is 8.89.